The van der Waals surface area contributed by atoms with Crippen LogP contribution in [0.4, 0.5) is 0 Å². The third-order valence-electron chi connectivity index (χ3n) is 0.383. The summed E-state index contributed by atoms with van der Waals surface area (Å²) in [5, 5.41) is 0.455. The van der Waals surface area contributed by atoms with Gasteiger partial charge in [-0.1, -0.05) is 18.5 Å². The molecule has 0 N–H and O–H groups in total. The standard InChI is InChI=1S/C3H5Cl2N/c1-2-3(4)6-5/h2H2,1H3/b6-3-. The van der Waals surface area contributed by atoms with Crippen molar-refractivity contribution in [1.29, 1.82) is 0 Å². The van der Waals surface area contributed by atoms with E-state index >= 15 is 0 Å². The molecule has 0 heterocycles. The number of nitrogens with zero attached hydrogens (tertiary/aromatic N) is 1. The Morgan fingerprint density at radius 3 is 2.33 bits per heavy atom. The molecule has 36 valence electrons. The molecule has 0 aliphatic rings. The fourth-order valence-electron chi connectivity index (χ4n) is 0.0598. The van der Waals surface area contributed by atoms with Crippen LogP contribution in [0.15, 0.2) is 4.51 Å². The Morgan fingerprint density at radius 1 is 1.83 bits per heavy atom. The van der Waals surface area contributed by atoms with Crippen molar-refractivity contribution in [3.8, 4) is 0 Å². The molecule has 1 nitrogen and oxygen atoms in total. The second-order valence-corrected chi connectivity index (χ2v) is 1.42. The van der Waals surface area contributed by atoms with Crippen LogP contribution in [0.3, 0.4) is 0 Å². The molecule has 0 bridgehead atoms. The Hall–Kier alpha value is 0.250. The second-order valence-electron chi connectivity index (χ2n) is 0.814. The van der Waals surface area contributed by atoms with E-state index in [1.54, 1.807) is 0 Å². The summed E-state index contributed by atoms with van der Waals surface area (Å²) in [5.41, 5.74) is 0. The molecule has 0 saturated heterocycles. The highest BCUT2D eigenvalue weighted by molar-refractivity contribution is 6.66. The Kier molecular flexibility index (Phi) is 3.58. The highest BCUT2D eigenvalue weighted by Crippen LogP contribution is 1.92. The van der Waals surface area contributed by atoms with Crippen molar-refractivity contribution in [3.05, 3.63) is 0 Å². The van der Waals surface area contributed by atoms with Crippen LogP contribution in [-0.4, -0.2) is 5.17 Å². The smallest absolute Gasteiger partial charge is 0.120 e. The predicted molar refractivity (Wildman–Crippen MR) is 29.4 cm³/mol. The predicted octanol–water partition coefficient (Wildman–Crippen LogP) is 2.19. The molecule has 0 spiro atoms. The Labute approximate surface area is 47.1 Å². The summed E-state index contributed by atoms with van der Waals surface area (Å²) in [7, 11) is 0. The van der Waals surface area contributed by atoms with E-state index in [2.05, 4.69) is 4.51 Å². The summed E-state index contributed by atoms with van der Waals surface area (Å²) >= 11 is 10.2. The first-order valence-corrected chi connectivity index (χ1v) is 2.36. The van der Waals surface area contributed by atoms with Gasteiger partial charge in [0.2, 0.25) is 0 Å². The van der Waals surface area contributed by atoms with Crippen molar-refractivity contribution in [2.45, 2.75) is 13.3 Å². The lowest BCUT2D eigenvalue weighted by Gasteiger charge is -1.78. The summed E-state index contributed by atoms with van der Waals surface area (Å²) < 4.78 is 3.16. The zero-order chi connectivity index (χ0) is 4.99. The van der Waals surface area contributed by atoms with Gasteiger partial charge in [-0.25, -0.2) is 0 Å². The van der Waals surface area contributed by atoms with Crippen LogP contribution < -0.4 is 0 Å². The molecule has 3 heteroatoms. The molecule has 6 heavy (non-hydrogen) atoms. The van der Waals surface area contributed by atoms with Crippen LogP contribution in [0.25, 0.3) is 0 Å². The maximum Gasteiger partial charge on any atom is 0.120 e. The lowest BCUT2D eigenvalue weighted by Crippen LogP contribution is -1.75. The van der Waals surface area contributed by atoms with Crippen LogP contribution in [0.5, 0.6) is 0 Å². The van der Waals surface area contributed by atoms with Gasteiger partial charge in [-0.15, -0.1) is 0 Å². The second kappa shape index (κ2) is 3.44. The molecular weight excluding hydrogens is 121 g/mol. The minimum atomic E-state index is 0.455. The van der Waals surface area contributed by atoms with Crippen molar-refractivity contribution in [3.63, 3.8) is 0 Å². The molecule has 0 saturated carbocycles. The molecule has 0 fully saturated rings. The Balaban J connectivity index is 3.22. The lowest BCUT2D eigenvalue weighted by molar-refractivity contribution is 1.32. The highest BCUT2D eigenvalue weighted by Gasteiger charge is 1.80. The van der Waals surface area contributed by atoms with E-state index in [1.165, 1.54) is 0 Å². The summed E-state index contributed by atoms with van der Waals surface area (Å²) in [6, 6.07) is 0. The summed E-state index contributed by atoms with van der Waals surface area (Å²) in [4.78, 5) is 0. The van der Waals surface area contributed by atoms with E-state index in [4.69, 9.17) is 23.4 Å². The average Bonchev–Trinajstić information content (AvgIpc) is 1.65. The van der Waals surface area contributed by atoms with Crippen LogP contribution in [0.2, 0.25) is 0 Å². The van der Waals surface area contributed by atoms with E-state index in [0.29, 0.717) is 11.6 Å². The quantitative estimate of drug-likeness (QED) is 0.477. The largest absolute Gasteiger partial charge is 0.170 e. The summed E-state index contributed by atoms with van der Waals surface area (Å²) in [6.45, 7) is 1.88. The summed E-state index contributed by atoms with van der Waals surface area (Å²) in [6.07, 6.45) is 0.713. The maximum atomic E-state index is 5.27. The van der Waals surface area contributed by atoms with Crippen molar-refractivity contribution >= 4 is 28.5 Å². The van der Waals surface area contributed by atoms with Gasteiger partial charge in [0.1, 0.15) is 5.17 Å². The van der Waals surface area contributed by atoms with Gasteiger partial charge >= 0.3 is 0 Å². The molecule has 0 aliphatic heterocycles. The first kappa shape index (κ1) is 6.25. The lowest BCUT2D eigenvalue weighted by atomic mass is 10.5. The van der Waals surface area contributed by atoms with E-state index < -0.39 is 0 Å². The van der Waals surface area contributed by atoms with Crippen LogP contribution in [0.1, 0.15) is 13.3 Å². The van der Waals surface area contributed by atoms with Gasteiger partial charge in [0.15, 0.2) is 0 Å². The van der Waals surface area contributed by atoms with Crippen molar-refractivity contribution in [2.24, 2.45) is 4.51 Å². The number of halogens is 2. The third kappa shape index (κ3) is 2.49. The van der Waals surface area contributed by atoms with Gasteiger partial charge in [0.25, 0.3) is 0 Å². The minimum Gasteiger partial charge on any atom is -0.170 e. The molecule has 0 radical (unpaired) electrons. The number of hydrogen-bond acceptors (Lipinski definition) is 1. The normalized spacial score (nSPS) is 12.2. The van der Waals surface area contributed by atoms with E-state index in [-0.39, 0.29) is 0 Å². The molecule has 0 unspecified atom stereocenters. The molecule has 0 aliphatic carbocycles. The van der Waals surface area contributed by atoms with Gasteiger partial charge in [-0.05, 0) is 6.42 Å². The van der Waals surface area contributed by atoms with Crippen molar-refractivity contribution in [2.75, 3.05) is 0 Å². The molecule has 0 atom stereocenters. The van der Waals surface area contributed by atoms with Crippen LogP contribution >= 0.6 is 23.4 Å². The van der Waals surface area contributed by atoms with Gasteiger partial charge in [0, 0.05) is 11.8 Å². The molecular formula is C3H5Cl2N. The first-order valence-electron chi connectivity index (χ1n) is 1.64. The van der Waals surface area contributed by atoms with Crippen LogP contribution in [-0.2, 0) is 0 Å². The Morgan fingerprint density at radius 2 is 2.33 bits per heavy atom. The van der Waals surface area contributed by atoms with E-state index in [0.717, 1.165) is 0 Å². The zero-order valence-electron chi connectivity index (χ0n) is 3.41. The van der Waals surface area contributed by atoms with Crippen molar-refractivity contribution in [1.82, 2.24) is 0 Å². The molecule has 0 aromatic carbocycles. The zero-order valence-corrected chi connectivity index (χ0v) is 4.92. The van der Waals surface area contributed by atoms with E-state index in [9.17, 15) is 0 Å². The fraction of sp³-hybridized carbons (Fsp3) is 0.667. The van der Waals surface area contributed by atoms with Gasteiger partial charge in [-0.2, -0.15) is 4.51 Å². The maximum absolute atomic E-state index is 5.27. The number of rotatable bonds is 1. The molecule has 0 amide bonds. The Bertz CT molecular complexity index is 59.8. The number of hydrogen-bond donors (Lipinski definition) is 0. The monoisotopic (exact) mass is 125 g/mol. The van der Waals surface area contributed by atoms with Crippen molar-refractivity contribution < 1.29 is 0 Å². The average molecular weight is 126 g/mol. The molecule has 0 aromatic heterocycles. The minimum absolute atomic E-state index is 0.455. The van der Waals surface area contributed by atoms with Gasteiger partial charge in [0.05, 0.1) is 0 Å². The van der Waals surface area contributed by atoms with Gasteiger partial charge in [-0.3, -0.25) is 0 Å². The first-order chi connectivity index (χ1) is 2.81. The SMILES string of the molecule is CC/C(Cl)=N/Cl. The van der Waals surface area contributed by atoms with Gasteiger partial charge < -0.3 is 0 Å². The highest BCUT2D eigenvalue weighted by atomic mass is 35.5. The fourth-order valence-corrected chi connectivity index (χ4v) is 0.179. The summed E-state index contributed by atoms with van der Waals surface area (Å²) in [5.74, 6) is 0. The molecule has 0 rings (SSSR count). The van der Waals surface area contributed by atoms with E-state index in [1.807, 2.05) is 6.92 Å². The topological polar surface area (TPSA) is 12.4 Å². The van der Waals surface area contributed by atoms with Crippen LogP contribution in [0, 0.1) is 0 Å². The third-order valence-corrected chi connectivity index (χ3v) is 1.03. The molecule has 0 aromatic rings.